The molecule has 1 nitrogen and oxygen atoms in total. The van der Waals surface area contributed by atoms with E-state index in [9.17, 15) is 0 Å². The average Bonchev–Trinajstić information content (AvgIpc) is 1.85. The van der Waals surface area contributed by atoms with Crippen LogP contribution >= 0.6 is 0 Å². The van der Waals surface area contributed by atoms with E-state index < -0.39 is 0 Å². The van der Waals surface area contributed by atoms with Crippen LogP contribution in [0.3, 0.4) is 0 Å². The molecular weight excluding hydrogens is 197 g/mol. The zero-order chi connectivity index (χ0) is 8.43. The Morgan fingerprint density at radius 2 is 1.55 bits per heavy atom. The first-order chi connectivity index (χ1) is 5.15. The van der Waals surface area contributed by atoms with Crippen molar-refractivity contribution in [3.05, 3.63) is 28.8 Å². The summed E-state index contributed by atoms with van der Waals surface area (Å²) in [6, 6.07) is 4.32. The summed E-state index contributed by atoms with van der Waals surface area (Å²) in [7, 11) is 0. The minimum atomic E-state index is 1.13. The van der Waals surface area contributed by atoms with Gasteiger partial charge in [-0.05, 0) is 0 Å². The van der Waals surface area contributed by atoms with Gasteiger partial charge in [-0.15, -0.1) is 0 Å². The van der Waals surface area contributed by atoms with Gasteiger partial charge in [-0.25, -0.2) is 0 Å². The summed E-state index contributed by atoms with van der Waals surface area (Å²) in [5, 5.41) is 0. The standard InChI is InChI=1S/C9H12AsN/c1-6-4-7(2)9(11-10)8(3)5-6/h4-5,10H,1-3H3. The Bertz CT molecular complexity index is 269. The third kappa shape index (κ3) is 1.78. The Kier molecular flexibility index (Phi) is 2.61. The number of hydrogen-bond acceptors (Lipinski definition) is 1. The minimum absolute atomic E-state index is 1.13. The molecule has 0 amide bonds. The Hall–Kier alpha value is -0.422. The molecule has 0 aliphatic carbocycles. The Balaban J connectivity index is 3.36. The van der Waals surface area contributed by atoms with Gasteiger partial charge in [0.05, 0.1) is 0 Å². The Morgan fingerprint density at radius 3 is 1.91 bits per heavy atom. The van der Waals surface area contributed by atoms with Crippen LogP contribution in [0.4, 0.5) is 5.69 Å². The first-order valence-electron chi connectivity index (χ1n) is 3.60. The van der Waals surface area contributed by atoms with Crippen molar-refractivity contribution in [2.24, 2.45) is 3.86 Å². The van der Waals surface area contributed by atoms with Gasteiger partial charge in [0.25, 0.3) is 0 Å². The molecule has 0 N–H and O–H groups in total. The van der Waals surface area contributed by atoms with E-state index in [0.717, 1.165) is 5.69 Å². The summed E-state index contributed by atoms with van der Waals surface area (Å²) >= 11 is 1.84. The second kappa shape index (κ2) is 3.32. The molecule has 0 spiro atoms. The zero-order valence-corrected chi connectivity index (χ0v) is 9.20. The molecule has 0 unspecified atom stereocenters. The van der Waals surface area contributed by atoms with E-state index in [1.54, 1.807) is 0 Å². The van der Waals surface area contributed by atoms with E-state index in [1.165, 1.54) is 16.7 Å². The van der Waals surface area contributed by atoms with Gasteiger partial charge in [0.2, 0.25) is 0 Å². The second-order valence-corrected chi connectivity index (χ2v) is 3.33. The van der Waals surface area contributed by atoms with E-state index in [-0.39, 0.29) is 0 Å². The van der Waals surface area contributed by atoms with E-state index >= 15 is 0 Å². The number of benzene rings is 1. The van der Waals surface area contributed by atoms with Crippen molar-refractivity contribution in [1.82, 2.24) is 0 Å². The molecule has 0 atom stereocenters. The van der Waals surface area contributed by atoms with E-state index in [0.29, 0.717) is 0 Å². The predicted octanol–water partition coefficient (Wildman–Crippen LogP) is 2.33. The molecule has 1 aromatic carbocycles. The number of hydrogen-bond donors (Lipinski definition) is 0. The number of nitrogens with zero attached hydrogens (tertiary/aromatic N) is 1. The number of aryl methyl sites for hydroxylation is 3. The number of rotatable bonds is 1. The maximum absolute atomic E-state index is 4.21. The van der Waals surface area contributed by atoms with Crippen LogP contribution in [0.5, 0.6) is 0 Å². The average molecular weight is 209 g/mol. The van der Waals surface area contributed by atoms with Crippen molar-refractivity contribution in [1.29, 1.82) is 0 Å². The SMILES string of the molecule is Cc1cc(C)c(N=[AsH])c(C)c1. The van der Waals surface area contributed by atoms with Crippen LogP contribution in [0, 0.1) is 20.8 Å². The molecular formula is C9H12AsN. The Morgan fingerprint density at radius 1 is 1.09 bits per heavy atom. The summed E-state index contributed by atoms with van der Waals surface area (Å²) in [5.41, 5.74) is 4.98. The molecule has 0 aliphatic rings. The quantitative estimate of drug-likeness (QED) is 0.629. The van der Waals surface area contributed by atoms with E-state index in [4.69, 9.17) is 0 Å². The van der Waals surface area contributed by atoms with Gasteiger partial charge in [-0.1, -0.05) is 0 Å². The van der Waals surface area contributed by atoms with Crippen LogP contribution in [0.1, 0.15) is 16.7 Å². The van der Waals surface area contributed by atoms with Crippen molar-refractivity contribution in [2.45, 2.75) is 20.8 Å². The van der Waals surface area contributed by atoms with Gasteiger partial charge in [0, 0.05) is 0 Å². The van der Waals surface area contributed by atoms with Gasteiger partial charge in [-0.3, -0.25) is 0 Å². The molecule has 0 fully saturated rings. The molecule has 0 bridgehead atoms. The first kappa shape index (κ1) is 8.67. The fourth-order valence-corrected chi connectivity index (χ4v) is 2.09. The predicted molar refractivity (Wildman–Crippen MR) is 49.9 cm³/mol. The van der Waals surface area contributed by atoms with Gasteiger partial charge in [0.15, 0.2) is 0 Å². The third-order valence-electron chi connectivity index (χ3n) is 1.75. The van der Waals surface area contributed by atoms with E-state index in [1.807, 2.05) is 16.7 Å². The molecule has 0 aromatic heterocycles. The van der Waals surface area contributed by atoms with E-state index in [2.05, 4.69) is 36.8 Å². The summed E-state index contributed by atoms with van der Waals surface area (Å²) < 4.78 is 4.21. The van der Waals surface area contributed by atoms with Crippen LogP contribution in [0.2, 0.25) is 0 Å². The summed E-state index contributed by atoms with van der Waals surface area (Å²) in [6.45, 7) is 6.31. The molecule has 1 rings (SSSR count). The van der Waals surface area contributed by atoms with Crippen LogP contribution in [0.25, 0.3) is 0 Å². The zero-order valence-electron chi connectivity index (χ0n) is 7.10. The van der Waals surface area contributed by atoms with Crippen molar-refractivity contribution in [2.75, 3.05) is 0 Å². The monoisotopic (exact) mass is 209 g/mol. The molecule has 0 heterocycles. The Labute approximate surface area is 76.1 Å². The normalized spacial score (nSPS) is 9.73. The molecule has 11 heavy (non-hydrogen) atoms. The molecule has 2 heteroatoms. The molecule has 0 radical (unpaired) electrons. The maximum atomic E-state index is 4.21. The van der Waals surface area contributed by atoms with Crippen LogP contribution in [-0.4, -0.2) is 16.7 Å². The fourth-order valence-electron chi connectivity index (χ4n) is 1.35. The third-order valence-corrected chi connectivity index (χ3v) is 2.22. The molecule has 0 aliphatic heterocycles. The molecule has 1 aromatic rings. The van der Waals surface area contributed by atoms with Gasteiger partial charge in [-0.2, -0.15) is 0 Å². The van der Waals surface area contributed by atoms with Crippen molar-refractivity contribution in [3.8, 4) is 0 Å². The molecule has 0 saturated heterocycles. The summed E-state index contributed by atoms with van der Waals surface area (Å²) in [4.78, 5) is 0. The second-order valence-electron chi connectivity index (χ2n) is 2.86. The van der Waals surface area contributed by atoms with Crippen LogP contribution < -0.4 is 0 Å². The van der Waals surface area contributed by atoms with Crippen LogP contribution in [-0.2, 0) is 0 Å². The van der Waals surface area contributed by atoms with Crippen molar-refractivity contribution < 1.29 is 0 Å². The summed E-state index contributed by atoms with van der Waals surface area (Å²) in [6.07, 6.45) is 0. The fraction of sp³-hybridized carbons (Fsp3) is 0.333. The first-order valence-corrected chi connectivity index (χ1v) is 4.54. The van der Waals surface area contributed by atoms with Gasteiger partial charge < -0.3 is 0 Å². The van der Waals surface area contributed by atoms with Crippen LogP contribution in [0.15, 0.2) is 16.0 Å². The van der Waals surface area contributed by atoms with Gasteiger partial charge in [0.1, 0.15) is 0 Å². The van der Waals surface area contributed by atoms with Crippen molar-refractivity contribution >= 4 is 22.3 Å². The topological polar surface area (TPSA) is 12.4 Å². The molecule has 0 saturated carbocycles. The van der Waals surface area contributed by atoms with Gasteiger partial charge >= 0.3 is 75.8 Å². The van der Waals surface area contributed by atoms with Crippen molar-refractivity contribution in [3.63, 3.8) is 0 Å². The summed E-state index contributed by atoms with van der Waals surface area (Å²) in [5.74, 6) is 0. The molecule has 58 valence electrons.